The Balaban J connectivity index is 1.30. The number of fused-ring (bicyclic) bond motifs is 1. The van der Waals surface area contributed by atoms with E-state index in [4.69, 9.17) is 0 Å². The molecule has 208 valence electrons. The molecule has 2 aromatic heterocycles. The first-order valence-corrected chi connectivity index (χ1v) is 14.9. The van der Waals surface area contributed by atoms with Gasteiger partial charge in [0.25, 0.3) is 5.91 Å². The molecule has 2 fully saturated rings. The largest absolute Gasteiger partial charge is 0.324 e. The lowest BCUT2D eigenvalue weighted by Crippen LogP contribution is -2.32. The third-order valence-corrected chi connectivity index (χ3v) is 8.73. The highest BCUT2D eigenvalue weighted by Gasteiger charge is 2.29. The molecule has 2 aromatic carbocycles. The number of aromatic nitrogens is 3. The number of hydrogen-bond acceptors (Lipinski definition) is 5. The van der Waals surface area contributed by atoms with Gasteiger partial charge in [0.2, 0.25) is 11.5 Å². The fraction of sp³-hybridized carbons (Fsp3) is 0.400. The lowest BCUT2D eigenvalue weighted by Gasteiger charge is -2.29. The van der Waals surface area contributed by atoms with Gasteiger partial charge in [0, 0.05) is 35.6 Å². The van der Waals surface area contributed by atoms with Crippen molar-refractivity contribution in [3.05, 3.63) is 76.6 Å². The quantitative estimate of drug-likeness (QED) is 0.318. The minimum absolute atomic E-state index is 0.0116. The molecule has 0 unspecified atom stereocenters. The van der Waals surface area contributed by atoms with E-state index < -0.39 is 11.7 Å². The molecule has 0 atom stereocenters. The molecule has 40 heavy (non-hydrogen) atoms. The number of anilines is 1. The maximum Gasteiger partial charge on any atom is 0.280 e. The maximum absolute atomic E-state index is 13.4. The van der Waals surface area contributed by atoms with E-state index in [1.54, 1.807) is 6.20 Å². The number of carbonyl (C=O) groups is 2. The van der Waals surface area contributed by atoms with Crippen LogP contribution in [0.5, 0.6) is 0 Å². The van der Waals surface area contributed by atoms with Crippen LogP contribution in [0.25, 0.3) is 11.0 Å². The third kappa shape index (κ3) is 5.93. The van der Waals surface area contributed by atoms with E-state index in [1.165, 1.54) is 60.4 Å². The van der Waals surface area contributed by atoms with E-state index in [0.717, 1.165) is 56.4 Å². The fourth-order valence-electron chi connectivity index (χ4n) is 5.94. The van der Waals surface area contributed by atoms with Crippen LogP contribution in [0, 0.1) is 11.7 Å². The average molecular weight is 561 g/mol. The predicted molar refractivity (Wildman–Crippen MR) is 153 cm³/mol. The Morgan fingerprint density at radius 2 is 1.82 bits per heavy atom. The molecule has 2 amide bonds. The van der Waals surface area contributed by atoms with Crippen molar-refractivity contribution in [2.45, 2.75) is 57.5 Å². The van der Waals surface area contributed by atoms with Crippen molar-refractivity contribution in [2.24, 2.45) is 10.9 Å². The Kier molecular flexibility index (Phi) is 7.88. The zero-order chi connectivity index (χ0) is 27.5. The van der Waals surface area contributed by atoms with Crippen LogP contribution < -0.4 is 10.9 Å². The Bertz CT molecular complexity index is 1550. The summed E-state index contributed by atoms with van der Waals surface area (Å²) in [6, 6.07) is 12.0. The molecule has 4 aromatic rings. The number of amides is 2. The molecule has 0 spiro atoms. The first kappa shape index (κ1) is 26.6. The molecule has 8 nitrogen and oxygen atoms in total. The first-order valence-electron chi connectivity index (χ1n) is 14.0. The van der Waals surface area contributed by atoms with Crippen molar-refractivity contribution in [1.82, 2.24) is 19.4 Å². The Hall–Kier alpha value is -3.63. The summed E-state index contributed by atoms with van der Waals surface area (Å²) < 4.78 is 15.6. The van der Waals surface area contributed by atoms with Gasteiger partial charge in [0.05, 0.1) is 11.0 Å². The first-order chi connectivity index (χ1) is 19.5. The number of nitrogens with zero attached hydrogens (tertiary/aromatic N) is 4. The number of benzene rings is 2. The van der Waals surface area contributed by atoms with E-state index in [-0.39, 0.29) is 17.9 Å². The molecule has 2 N–H and O–H groups in total. The summed E-state index contributed by atoms with van der Waals surface area (Å²) in [7, 11) is 0. The van der Waals surface area contributed by atoms with Crippen LogP contribution >= 0.6 is 11.3 Å². The monoisotopic (exact) mass is 560 g/mol. The molecule has 6 rings (SSSR count). The minimum Gasteiger partial charge on any atom is -0.324 e. The van der Waals surface area contributed by atoms with Gasteiger partial charge in [0.15, 0.2) is 5.13 Å². The number of hydrogen-bond donors (Lipinski definition) is 2. The van der Waals surface area contributed by atoms with Crippen molar-refractivity contribution < 1.29 is 14.0 Å². The zero-order valence-corrected chi connectivity index (χ0v) is 23.1. The van der Waals surface area contributed by atoms with Crippen LogP contribution in [-0.4, -0.2) is 44.3 Å². The van der Waals surface area contributed by atoms with Crippen molar-refractivity contribution in [3.63, 3.8) is 0 Å². The molecule has 3 heterocycles. The predicted octanol–water partition coefficient (Wildman–Crippen LogP) is 5.66. The lowest BCUT2D eigenvalue weighted by atomic mass is 9.85. The number of likely N-dealkylation sites (tertiary alicyclic amines) is 1. The smallest absolute Gasteiger partial charge is 0.280 e. The van der Waals surface area contributed by atoms with Crippen LogP contribution in [0.2, 0.25) is 0 Å². The van der Waals surface area contributed by atoms with Gasteiger partial charge in [-0.3, -0.25) is 14.5 Å². The molecule has 1 saturated heterocycles. The second kappa shape index (κ2) is 11.9. The van der Waals surface area contributed by atoms with Crippen LogP contribution in [0.3, 0.4) is 0 Å². The molecule has 0 radical (unpaired) electrons. The number of thiazole rings is 1. The van der Waals surface area contributed by atoms with Crippen LogP contribution in [0.15, 0.2) is 59.0 Å². The van der Waals surface area contributed by atoms with Crippen molar-refractivity contribution in [2.75, 3.05) is 18.4 Å². The van der Waals surface area contributed by atoms with Gasteiger partial charge in [0.1, 0.15) is 5.82 Å². The molecule has 1 aliphatic carbocycles. The molecular weight excluding hydrogens is 527 g/mol. The summed E-state index contributed by atoms with van der Waals surface area (Å²) >= 11 is 1.42. The zero-order valence-electron chi connectivity index (χ0n) is 22.3. The molecule has 10 heteroatoms. The highest BCUT2D eigenvalue weighted by Crippen LogP contribution is 2.34. The number of imidazole rings is 1. The second-order valence-corrected chi connectivity index (χ2v) is 11.7. The standard InChI is InChI=1S/C30H33FN6O2S/c31-23-9-5-21(6-10-23)27(38)34-29-33-25-13-4-20(19-36-15-2-1-3-16-36)18-26(25)37(29)24-11-7-22(8-12-24)28(39)35-30-32-14-17-40-30/h4-6,9-10,13-14,17-18,22,24H,1-3,7-8,11-12,15-16,19H2,(H,32,35,39)(H,33,34,38)/t22-,24+. The summed E-state index contributed by atoms with van der Waals surface area (Å²) in [6.07, 6.45) is 8.50. The Labute approximate surface area is 236 Å². The van der Waals surface area contributed by atoms with Crippen molar-refractivity contribution in [1.29, 1.82) is 0 Å². The van der Waals surface area contributed by atoms with Gasteiger partial charge >= 0.3 is 0 Å². The summed E-state index contributed by atoms with van der Waals surface area (Å²) in [6.45, 7) is 3.13. The number of nitrogens with one attached hydrogen (secondary N) is 2. The normalized spacial score (nSPS) is 20.6. The van der Waals surface area contributed by atoms with Gasteiger partial charge in [-0.2, -0.15) is 4.99 Å². The van der Waals surface area contributed by atoms with E-state index in [1.807, 2.05) is 5.38 Å². The number of aromatic amines is 1. The van der Waals surface area contributed by atoms with Crippen LogP contribution in [-0.2, 0) is 11.3 Å². The number of carbonyl (C=O) groups excluding carboxylic acids is 2. The van der Waals surface area contributed by atoms with Gasteiger partial charge in [-0.05, 0) is 93.6 Å². The summed E-state index contributed by atoms with van der Waals surface area (Å²) in [5.41, 5.74) is 3.97. The molecule has 0 bridgehead atoms. The number of H-pyrrole nitrogens is 1. The molecule has 1 aliphatic heterocycles. The van der Waals surface area contributed by atoms with Gasteiger partial charge in [-0.15, -0.1) is 11.3 Å². The van der Waals surface area contributed by atoms with Crippen LogP contribution in [0.1, 0.15) is 66.9 Å². The topological polar surface area (TPSA) is 95.4 Å². The maximum atomic E-state index is 13.4. The van der Waals surface area contributed by atoms with Crippen LogP contribution in [0.4, 0.5) is 9.52 Å². The summed E-state index contributed by atoms with van der Waals surface area (Å²) in [5.74, 6) is -0.890. The highest BCUT2D eigenvalue weighted by atomic mass is 32.1. The van der Waals surface area contributed by atoms with Gasteiger partial charge < -0.3 is 14.9 Å². The average Bonchev–Trinajstić information content (AvgIpc) is 3.61. The number of piperidine rings is 1. The van der Waals surface area contributed by atoms with Crippen molar-refractivity contribution in [3.8, 4) is 0 Å². The second-order valence-electron chi connectivity index (χ2n) is 10.8. The van der Waals surface area contributed by atoms with Gasteiger partial charge in [-0.1, -0.05) is 12.5 Å². The van der Waals surface area contributed by atoms with Gasteiger partial charge in [-0.25, -0.2) is 9.37 Å². The summed E-state index contributed by atoms with van der Waals surface area (Å²) in [4.78, 5) is 40.4. The Morgan fingerprint density at radius 1 is 1.05 bits per heavy atom. The highest BCUT2D eigenvalue weighted by molar-refractivity contribution is 7.13. The van der Waals surface area contributed by atoms with E-state index in [0.29, 0.717) is 16.3 Å². The third-order valence-electron chi connectivity index (χ3n) is 8.04. The molecule has 2 aliphatic rings. The Morgan fingerprint density at radius 3 is 2.55 bits per heavy atom. The van der Waals surface area contributed by atoms with E-state index >= 15 is 0 Å². The van der Waals surface area contributed by atoms with E-state index in [2.05, 4.69) is 47.9 Å². The number of halogens is 1. The SMILES string of the molecule is O=C(/N=c1\[nH]c2ccc(CN3CCCCC3)cc2n1[C@H]1CC[C@@H](C(=O)Nc2nccs2)CC1)c1ccc(F)cc1. The van der Waals surface area contributed by atoms with E-state index in [9.17, 15) is 14.0 Å². The number of rotatable bonds is 6. The minimum atomic E-state index is -0.426. The van der Waals surface area contributed by atoms with Crippen molar-refractivity contribution >= 4 is 39.3 Å². The summed E-state index contributed by atoms with van der Waals surface area (Å²) in [5, 5.41) is 5.41. The lowest BCUT2D eigenvalue weighted by molar-refractivity contribution is -0.121. The molecular formula is C30H33FN6O2S. The molecule has 1 saturated carbocycles. The fourth-order valence-corrected chi connectivity index (χ4v) is 6.48.